The van der Waals surface area contributed by atoms with Gasteiger partial charge in [0.25, 0.3) is 0 Å². The minimum Gasteiger partial charge on any atom is -0.395 e. The average molecular weight is 313 g/mol. The van der Waals surface area contributed by atoms with Crippen LogP contribution in [0.4, 0.5) is 11.4 Å². The third-order valence-electron chi connectivity index (χ3n) is 3.06. The summed E-state index contributed by atoms with van der Waals surface area (Å²) >= 11 is 0. The van der Waals surface area contributed by atoms with Crippen LogP contribution in [-0.2, 0) is 6.42 Å². The molecular weight excluding hydrogens is 290 g/mol. The molecule has 2 rings (SSSR count). The van der Waals surface area contributed by atoms with Crippen molar-refractivity contribution >= 4 is 17.2 Å². The number of rotatable bonds is 5. The van der Waals surface area contributed by atoms with Crippen molar-refractivity contribution in [1.29, 1.82) is 10.9 Å². The van der Waals surface area contributed by atoms with E-state index in [4.69, 9.17) is 21.8 Å². The molecule has 0 aromatic heterocycles. The lowest BCUT2D eigenvalue weighted by Gasteiger charge is -2.11. The third kappa shape index (κ3) is 5.98. The molecule has 2 aromatic carbocycles. The number of nitrogens with one attached hydrogen (secondary N) is 3. The Bertz CT molecular complexity index is 623. The highest BCUT2D eigenvalue weighted by atomic mass is 16.3. The topological polar surface area (TPSA) is 118 Å². The lowest BCUT2D eigenvalue weighted by atomic mass is 10.1. The van der Waals surface area contributed by atoms with E-state index >= 15 is 0 Å². The second-order valence-corrected chi connectivity index (χ2v) is 4.69. The maximum Gasteiger partial charge on any atom is 0.175 e. The number of benzene rings is 2. The van der Waals surface area contributed by atoms with Crippen molar-refractivity contribution in [1.82, 2.24) is 0 Å². The van der Waals surface area contributed by atoms with Crippen molar-refractivity contribution in [3.8, 4) is 0 Å². The zero-order chi connectivity index (χ0) is 17.1. The Hall–Kier alpha value is -2.57. The summed E-state index contributed by atoms with van der Waals surface area (Å²) in [6, 6.07) is 15.6. The minimum atomic E-state index is -0.0479. The van der Waals surface area contributed by atoms with Gasteiger partial charge in [-0.1, -0.05) is 31.2 Å². The molecule has 0 bridgehead atoms. The van der Waals surface area contributed by atoms with E-state index in [0.29, 0.717) is 12.1 Å². The number of nitrogens with zero attached hydrogens (tertiary/aromatic N) is 1. The maximum absolute atomic E-state index is 7.75. The summed E-state index contributed by atoms with van der Waals surface area (Å²) in [5.41, 5.74) is 15.4. The van der Waals surface area contributed by atoms with Gasteiger partial charge < -0.3 is 16.2 Å². The number of aliphatic hydroxyl groups excluding tert-OH is 1. The first kappa shape index (κ1) is 18.5. The van der Waals surface area contributed by atoms with Crippen LogP contribution in [-0.4, -0.2) is 24.1 Å². The molecule has 0 fully saturated rings. The molecule has 0 aliphatic carbocycles. The van der Waals surface area contributed by atoms with E-state index in [9.17, 15) is 0 Å². The van der Waals surface area contributed by atoms with Gasteiger partial charge in [0.1, 0.15) is 0 Å². The molecule has 2 aromatic rings. The molecule has 0 atom stereocenters. The van der Waals surface area contributed by atoms with Gasteiger partial charge >= 0.3 is 0 Å². The van der Waals surface area contributed by atoms with Crippen molar-refractivity contribution < 1.29 is 5.11 Å². The summed E-state index contributed by atoms with van der Waals surface area (Å²) in [6.45, 7) is 2.59. The molecule has 0 spiro atoms. The van der Waals surface area contributed by atoms with Crippen LogP contribution >= 0.6 is 0 Å². The first-order valence-electron chi connectivity index (χ1n) is 7.38. The van der Waals surface area contributed by atoms with E-state index in [2.05, 4.69) is 29.5 Å². The van der Waals surface area contributed by atoms with E-state index < -0.39 is 0 Å². The van der Waals surface area contributed by atoms with Crippen molar-refractivity contribution in [3.63, 3.8) is 0 Å². The van der Waals surface area contributed by atoms with Gasteiger partial charge in [0.05, 0.1) is 6.61 Å². The number of aryl methyl sites for hydroxylation is 1. The number of para-hydroxylation sites is 1. The first-order valence-corrected chi connectivity index (χ1v) is 7.38. The molecule has 6 nitrogen and oxygen atoms in total. The average Bonchev–Trinajstić information content (AvgIpc) is 2.62. The smallest absolute Gasteiger partial charge is 0.175 e. The number of nitrogens with two attached hydrogens (primary N) is 1. The maximum atomic E-state index is 7.75. The van der Waals surface area contributed by atoms with Gasteiger partial charge in [0, 0.05) is 23.5 Å². The predicted molar refractivity (Wildman–Crippen MR) is 93.7 cm³/mol. The van der Waals surface area contributed by atoms with Crippen molar-refractivity contribution in [2.45, 2.75) is 13.3 Å². The van der Waals surface area contributed by atoms with Gasteiger partial charge in [-0.2, -0.15) is 0 Å². The number of aliphatic hydroxyl groups is 1. The SMILES string of the molecule is CCc1ccc(Nc2ccccc2C(=N)N=N)cc1.NCCO. The van der Waals surface area contributed by atoms with Crippen LogP contribution in [0.1, 0.15) is 18.1 Å². The lowest BCUT2D eigenvalue weighted by molar-refractivity contribution is 0.306. The fraction of sp³-hybridized carbons (Fsp3) is 0.235. The second-order valence-electron chi connectivity index (χ2n) is 4.69. The van der Waals surface area contributed by atoms with Crippen LogP contribution in [0.15, 0.2) is 53.6 Å². The van der Waals surface area contributed by atoms with E-state index in [-0.39, 0.29) is 12.4 Å². The van der Waals surface area contributed by atoms with Crippen LogP contribution in [0.5, 0.6) is 0 Å². The van der Waals surface area contributed by atoms with Crippen LogP contribution in [0.25, 0.3) is 0 Å². The zero-order valence-corrected chi connectivity index (χ0v) is 13.2. The normalized spacial score (nSPS) is 9.52. The molecular formula is C17H23N5O. The molecule has 0 unspecified atom stereocenters. The molecule has 0 saturated heterocycles. The first-order chi connectivity index (χ1) is 11.2. The van der Waals surface area contributed by atoms with E-state index in [1.165, 1.54) is 5.56 Å². The minimum absolute atomic E-state index is 0.0479. The van der Waals surface area contributed by atoms with Gasteiger partial charge in [-0.05, 0) is 36.2 Å². The van der Waals surface area contributed by atoms with Crippen LogP contribution < -0.4 is 11.1 Å². The highest BCUT2D eigenvalue weighted by Gasteiger charge is 2.06. The van der Waals surface area contributed by atoms with Gasteiger partial charge in [0.15, 0.2) is 5.84 Å². The summed E-state index contributed by atoms with van der Waals surface area (Å²) < 4.78 is 0. The number of hydrogen-bond donors (Lipinski definition) is 5. The molecule has 0 aliphatic heterocycles. The third-order valence-corrected chi connectivity index (χ3v) is 3.06. The van der Waals surface area contributed by atoms with Crippen molar-refractivity contribution in [2.75, 3.05) is 18.5 Å². The summed E-state index contributed by atoms with van der Waals surface area (Å²) in [5, 5.41) is 21.8. The van der Waals surface area contributed by atoms with E-state index in [1.54, 1.807) is 6.07 Å². The molecule has 6 N–H and O–H groups in total. The molecule has 0 amide bonds. The molecule has 6 heteroatoms. The second kappa shape index (κ2) is 10.2. The fourth-order valence-electron chi connectivity index (χ4n) is 1.84. The number of hydrogen-bond acceptors (Lipinski definition) is 5. The van der Waals surface area contributed by atoms with E-state index in [0.717, 1.165) is 17.8 Å². The summed E-state index contributed by atoms with van der Waals surface area (Å²) in [6.07, 6.45) is 1.01. The van der Waals surface area contributed by atoms with Crippen LogP contribution in [0.2, 0.25) is 0 Å². The molecule has 23 heavy (non-hydrogen) atoms. The Morgan fingerprint density at radius 2 is 1.78 bits per heavy atom. The largest absolute Gasteiger partial charge is 0.395 e. The molecule has 0 aliphatic rings. The Labute approximate surface area is 136 Å². The lowest BCUT2D eigenvalue weighted by Crippen LogP contribution is -2.02. The Morgan fingerprint density at radius 1 is 1.17 bits per heavy atom. The van der Waals surface area contributed by atoms with Crippen LogP contribution in [0, 0.1) is 10.9 Å². The van der Waals surface area contributed by atoms with E-state index in [1.807, 2.05) is 30.3 Å². The number of amidine groups is 1. The van der Waals surface area contributed by atoms with Crippen molar-refractivity contribution in [2.24, 2.45) is 10.8 Å². The predicted octanol–water partition coefficient (Wildman–Crippen LogP) is 3.29. The van der Waals surface area contributed by atoms with Crippen molar-refractivity contribution in [3.05, 3.63) is 59.7 Å². The van der Waals surface area contributed by atoms with Gasteiger partial charge in [-0.3, -0.25) is 5.41 Å². The number of anilines is 2. The molecule has 0 heterocycles. The summed E-state index contributed by atoms with van der Waals surface area (Å²) in [4.78, 5) is 0. The van der Waals surface area contributed by atoms with Crippen LogP contribution in [0.3, 0.4) is 0 Å². The Kier molecular flexibility index (Phi) is 8.20. The zero-order valence-electron chi connectivity index (χ0n) is 13.2. The van der Waals surface area contributed by atoms with Gasteiger partial charge in [-0.25, -0.2) is 5.53 Å². The summed E-state index contributed by atoms with van der Waals surface area (Å²) in [5.74, 6) is -0.0479. The quantitative estimate of drug-likeness (QED) is 0.331. The molecule has 122 valence electrons. The monoisotopic (exact) mass is 313 g/mol. The fourth-order valence-corrected chi connectivity index (χ4v) is 1.84. The molecule has 0 saturated carbocycles. The Balaban J connectivity index is 0.000000593. The van der Waals surface area contributed by atoms with Gasteiger partial charge in [-0.15, -0.1) is 5.11 Å². The Morgan fingerprint density at radius 3 is 2.30 bits per heavy atom. The summed E-state index contributed by atoms with van der Waals surface area (Å²) in [7, 11) is 0. The highest BCUT2D eigenvalue weighted by molar-refractivity contribution is 6.02. The van der Waals surface area contributed by atoms with Gasteiger partial charge in [0.2, 0.25) is 0 Å². The highest BCUT2D eigenvalue weighted by Crippen LogP contribution is 2.22. The molecule has 0 radical (unpaired) electrons. The standard InChI is InChI=1S/C15H16N4.C2H7NO/c1-2-11-7-9-12(10-8-11)18-14-6-4-3-5-13(14)15(16)19-17;3-1-2-4/h3-10,16-18H,2H2,1H3;4H,1-3H2.